The van der Waals surface area contributed by atoms with Gasteiger partial charge in [-0.15, -0.1) is 11.3 Å². The molecule has 0 fully saturated rings. The molecule has 0 saturated heterocycles. The Morgan fingerprint density at radius 2 is 2.00 bits per heavy atom. The van der Waals surface area contributed by atoms with Gasteiger partial charge < -0.3 is 10.1 Å². The van der Waals surface area contributed by atoms with Crippen LogP contribution < -0.4 is 10.1 Å². The first kappa shape index (κ1) is 16.5. The van der Waals surface area contributed by atoms with E-state index in [1.54, 1.807) is 17.4 Å². The van der Waals surface area contributed by atoms with E-state index in [1.165, 1.54) is 6.07 Å². The second-order valence-corrected chi connectivity index (χ2v) is 8.37. The van der Waals surface area contributed by atoms with Gasteiger partial charge in [-0.3, -0.25) is 0 Å². The maximum Gasteiger partial charge on any atom is 0.165 e. The van der Waals surface area contributed by atoms with Gasteiger partial charge in [0, 0.05) is 22.5 Å². The number of hydrogen-bond donors (Lipinski definition) is 1. The fourth-order valence-corrected chi connectivity index (χ4v) is 3.18. The maximum absolute atomic E-state index is 14.0. The predicted molar refractivity (Wildman–Crippen MR) is 89.3 cm³/mol. The second kappa shape index (κ2) is 6.90. The molecule has 0 aliphatic rings. The first-order chi connectivity index (χ1) is 9.85. The molecule has 0 bridgehead atoms. The summed E-state index contributed by atoms with van der Waals surface area (Å²) in [7, 11) is 0. The van der Waals surface area contributed by atoms with Gasteiger partial charge in [0.1, 0.15) is 6.61 Å². The predicted octanol–water partition coefficient (Wildman–Crippen LogP) is 5.12. The van der Waals surface area contributed by atoms with E-state index in [2.05, 4.69) is 42.0 Å². The monoisotopic (exact) mass is 371 g/mol. The fraction of sp³-hybridized carbons (Fsp3) is 0.375. The summed E-state index contributed by atoms with van der Waals surface area (Å²) in [5.74, 6) is 0.0117. The van der Waals surface area contributed by atoms with Crippen LogP contribution in [0.25, 0.3) is 0 Å². The van der Waals surface area contributed by atoms with Gasteiger partial charge in [-0.05, 0) is 54.9 Å². The smallest absolute Gasteiger partial charge is 0.165 e. The Bertz CT molecular complexity index is 607. The van der Waals surface area contributed by atoms with E-state index in [0.717, 1.165) is 14.2 Å². The van der Waals surface area contributed by atoms with Crippen LogP contribution in [0.15, 0.2) is 34.1 Å². The molecule has 1 N–H and O–H groups in total. The Hall–Kier alpha value is -0.910. The van der Waals surface area contributed by atoms with Crippen molar-refractivity contribution in [3.05, 3.63) is 50.4 Å². The molecule has 0 aliphatic heterocycles. The van der Waals surface area contributed by atoms with E-state index < -0.39 is 0 Å². The molecule has 2 aromatic rings. The Balaban J connectivity index is 2.10. The van der Waals surface area contributed by atoms with Crippen molar-refractivity contribution in [2.24, 2.45) is 0 Å². The van der Waals surface area contributed by atoms with Crippen molar-refractivity contribution in [3.8, 4) is 5.75 Å². The lowest BCUT2D eigenvalue weighted by Crippen LogP contribution is -2.35. The number of benzene rings is 1. The van der Waals surface area contributed by atoms with Gasteiger partial charge in [0.15, 0.2) is 11.6 Å². The molecule has 0 atom stereocenters. The fourth-order valence-electron chi connectivity index (χ4n) is 1.79. The van der Waals surface area contributed by atoms with E-state index in [9.17, 15) is 4.39 Å². The quantitative estimate of drug-likeness (QED) is 0.787. The van der Waals surface area contributed by atoms with Crippen molar-refractivity contribution in [1.82, 2.24) is 5.32 Å². The zero-order valence-electron chi connectivity index (χ0n) is 12.4. The SMILES string of the molecule is CC(C)(C)NCc1cccc(F)c1OCc1ccc(Br)s1. The van der Waals surface area contributed by atoms with Crippen LogP contribution in [-0.4, -0.2) is 5.54 Å². The van der Waals surface area contributed by atoms with Gasteiger partial charge in [-0.1, -0.05) is 12.1 Å². The minimum absolute atomic E-state index is 0.0256. The highest BCUT2D eigenvalue weighted by atomic mass is 79.9. The first-order valence-electron chi connectivity index (χ1n) is 6.74. The van der Waals surface area contributed by atoms with Gasteiger partial charge in [0.05, 0.1) is 3.79 Å². The summed E-state index contributed by atoms with van der Waals surface area (Å²) in [5, 5.41) is 3.36. The van der Waals surface area contributed by atoms with Crippen molar-refractivity contribution >= 4 is 27.3 Å². The van der Waals surface area contributed by atoms with Crippen LogP contribution in [0.5, 0.6) is 5.75 Å². The molecule has 21 heavy (non-hydrogen) atoms. The van der Waals surface area contributed by atoms with E-state index >= 15 is 0 Å². The number of hydrogen-bond acceptors (Lipinski definition) is 3. The molecule has 1 heterocycles. The molecule has 0 spiro atoms. The highest BCUT2D eigenvalue weighted by Gasteiger charge is 2.14. The molecule has 114 valence electrons. The van der Waals surface area contributed by atoms with E-state index in [4.69, 9.17) is 4.74 Å². The highest BCUT2D eigenvalue weighted by Crippen LogP contribution is 2.27. The lowest BCUT2D eigenvalue weighted by Gasteiger charge is -2.21. The van der Waals surface area contributed by atoms with Crippen LogP contribution in [0.4, 0.5) is 4.39 Å². The van der Waals surface area contributed by atoms with E-state index in [1.807, 2.05) is 18.2 Å². The van der Waals surface area contributed by atoms with Crippen molar-refractivity contribution in [1.29, 1.82) is 0 Å². The number of rotatable bonds is 5. The highest BCUT2D eigenvalue weighted by molar-refractivity contribution is 9.11. The zero-order valence-corrected chi connectivity index (χ0v) is 14.8. The van der Waals surface area contributed by atoms with Crippen LogP contribution in [0.2, 0.25) is 0 Å². The summed E-state index contributed by atoms with van der Waals surface area (Å²) in [6.07, 6.45) is 0. The minimum Gasteiger partial charge on any atom is -0.485 e. The van der Waals surface area contributed by atoms with Gasteiger partial charge in [-0.25, -0.2) is 4.39 Å². The molecule has 1 aromatic carbocycles. The summed E-state index contributed by atoms with van der Waals surface area (Å²) in [6, 6.07) is 8.97. The molecule has 0 radical (unpaired) electrons. The minimum atomic E-state index is -0.321. The summed E-state index contributed by atoms with van der Waals surface area (Å²) in [5.41, 5.74) is 0.808. The lowest BCUT2D eigenvalue weighted by atomic mass is 10.1. The summed E-state index contributed by atoms with van der Waals surface area (Å²) in [6.45, 7) is 7.19. The lowest BCUT2D eigenvalue weighted by molar-refractivity contribution is 0.287. The summed E-state index contributed by atoms with van der Waals surface area (Å²) in [4.78, 5) is 1.06. The van der Waals surface area contributed by atoms with E-state index in [0.29, 0.717) is 18.9 Å². The number of para-hydroxylation sites is 1. The molecule has 2 rings (SSSR count). The number of nitrogens with one attached hydrogen (secondary N) is 1. The van der Waals surface area contributed by atoms with E-state index in [-0.39, 0.29) is 11.4 Å². The molecule has 2 nitrogen and oxygen atoms in total. The zero-order chi connectivity index (χ0) is 15.5. The third-order valence-electron chi connectivity index (χ3n) is 2.85. The van der Waals surface area contributed by atoms with Gasteiger partial charge in [0.25, 0.3) is 0 Å². The Morgan fingerprint density at radius 1 is 1.24 bits per heavy atom. The van der Waals surface area contributed by atoms with Crippen LogP contribution >= 0.6 is 27.3 Å². The average molecular weight is 372 g/mol. The Labute approximate surface area is 137 Å². The average Bonchev–Trinajstić information content (AvgIpc) is 2.80. The van der Waals surface area contributed by atoms with Crippen molar-refractivity contribution < 1.29 is 9.13 Å². The standard InChI is InChI=1S/C16H19BrFNOS/c1-16(2,3)19-9-11-5-4-6-13(18)15(11)20-10-12-7-8-14(17)21-12/h4-8,19H,9-10H2,1-3H3. The molecule has 1 aromatic heterocycles. The number of halogens is 2. The topological polar surface area (TPSA) is 21.3 Å². The molecule has 0 unspecified atom stereocenters. The molecule has 5 heteroatoms. The Kier molecular flexibility index (Phi) is 5.41. The van der Waals surface area contributed by atoms with Gasteiger partial charge >= 0.3 is 0 Å². The number of thiophene rings is 1. The second-order valence-electron chi connectivity index (χ2n) is 5.83. The van der Waals surface area contributed by atoms with Crippen molar-refractivity contribution in [3.63, 3.8) is 0 Å². The summed E-state index contributed by atoms with van der Waals surface area (Å²) >= 11 is 5.00. The Morgan fingerprint density at radius 3 is 2.62 bits per heavy atom. The third-order valence-corrected chi connectivity index (χ3v) is 4.44. The van der Waals surface area contributed by atoms with Gasteiger partial charge in [0.2, 0.25) is 0 Å². The van der Waals surface area contributed by atoms with Crippen LogP contribution in [0, 0.1) is 5.82 Å². The largest absolute Gasteiger partial charge is 0.485 e. The van der Waals surface area contributed by atoms with Crippen LogP contribution in [0.1, 0.15) is 31.2 Å². The number of ether oxygens (including phenoxy) is 1. The van der Waals surface area contributed by atoms with Crippen molar-refractivity contribution in [2.45, 2.75) is 39.5 Å². The summed E-state index contributed by atoms with van der Waals surface area (Å²) < 4.78 is 20.8. The maximum atomic E-state index is 14.0. The molecule has 0 aliphatic carbocycles. The molecule has 0 amide bonds. The molecule has 0 saturated carbocycles. The van der Waals surface area contributed by atoms with Gasteiger partial charge in [-0.2, -0.15) is 0 Å². The molecular weight excluding hydrogens is 353 g/mol. The van der Waals surface area contributed by atoms with Crippen LogP contribution in [0.3, 0.4) is 0 Å². The molecular formula is C16H19BrFNOS. The van der Waals surface area contributed by atoms with Crippen molar-refractivity contribution in [2.75, 3.05) is 0 Å². The van der Waals surface area contributed by atoms with Crippen LogP contribution in [-0.2, 0) is 13.2 Å². The third kappa shape index (κ3) is 5.09. The first-order valence-corrected chi connectivity index (χ1v) is 8.35. The normalized spacial score (nSPS) is 11.7.